The van der Waals surface area contributed by atoms with Crippen LogP contribution in [0.1, 0.15) is 19.8 Å². The van der Waals surface area contributed by atoms with Gasteiger partial charge in [-0.2, -0.15) is 5.10 Å². The Kier molecular flexibility index (Phi) is 3.19. The maximum Gasteiger partial charge on any atom is 0.335 e. The van der Waals surface area contributed by atoms with Gasteiger partial charge in [-0.15, -0.1) is 0 Å². The number of aryl methyl sites for hydroxylation is 1. The van der Waals surface area contributed by atoms with Gasteiger partial charge in [-0.25, -0.2) is 9.78 Å². The second kappa shape index (κ2) is 4.19. The Hall–Kier alpha value is -1.43. The zero-order valence-corrected chi connectivity index (χ0v) is 7.92. The third kappa shape index (κ3) is 2.81. The first-order valence-electron chi connectivity index (χ1n) is 4.30. The van der Waals surface area contributed by atoms with Crippen molar-refractivity contribution < 1.29 is 15.0 Å². The van der Waals surface area contributed by atoms with Gasteiger partial charge in [0, 0.05) is 6.54 Å². The summed E-state index contributed by atoms with van der Waals surface area (Å²) in [5, 5.41) is 21.8. The highest BCUT2D eigenvalue weighted by Crippen LogP contribution is 2.12. The fourth-order valence-corrected chi connectivity index (χ4v) is 1.04. The van der Waals surface area contributed by atoms with Crippen LogP contribution in [0.15, 0.2) is 12.7 Å². The number of aliphatic hydroxyl groups is 1. The lowest BCUT2D eigenvalue weighted by atomic mass is 10.0. The maximum atomic E-state index is 10.5. The molecule has 0 spiro atoms. The Morgan fingerprint density at radius 3 is 2.86 bits per heavy atom. The van der Waals surface area contributed by atoms with Crippen LogP contribution < -0.4 is 0 Å². The molecule has 6 heteroatoms. The summed E-state index contributed by atoms with van der Waals surface area (Å²) in [6.45, 7) is 1.85. The van der Waals surface area contributed by atoms with Gasteiger partial charge in [0.25, 0.3) is 0 Å². The lowest BCUT2D eigenvalue weighted by Crippen LogP contribution is -2.34. The van der Waals surface area contributed by atoms with Crippen LogP contribution in [0, 0.1) is 0 Å². The average Bonchev–Trinajstić information content (AvgIpc) is 2.56. The fraction of sp³-hybridized carbons (Fsp3) is 0.625. The predicted molar refractivity (Wildman–Crippen MR) is 47.5 cm³/mol. The number of rotatable bonds is 5. The summed E-state index contributed by atoms with van der Waals surface area (Å²) in [7, 11) is 0. The molecule has 0 bridgehead atoms. The number of hydrogen-bond acceptors (Lipinski definition) is 4. The minimum Gasteiger partial charge on any atom is -0.479 e. The summed E-state index contributed by atoms with van der Waals surface area (Å²) in [5.41, 5.74) is -1.65. The SMILES string of the molecule is CC(O)(CCCn1cncn1)C(=O)O. The third-order valence-corrected chi connectivity index (χ3v) is 1.98. The van der Waals surface area contributed by atoms with Crippen LogP contribution in [0.5, 0.6) is 0 Å². The van der Waals surface area contributed by atoms with Gasteiger partial charge in [-0.1, -0.05) is 0 Å². The highest BCUT2D eigenvalue weighted by molar-refractivity contribution is 5.76. The highest BCUT2D eigenvalue weighted by atomic mass is 16.4. The largest absolute Gasteiger partial charge is 0.479 e. The fourth-order valence-electron chi connectivity index (χ4n) is 1.04. The molecule has 14 heavy (non-hydrogen) atoms. The molecule has 1 atom stereocenters. The van der Waals surface area contributed by atoms with Gasteiger partial charge in [0.1, 0.15) is 12.7 Å². The number of carboxylic acids is 1. The molecule has 0 saturated carbocycles. The molecule has 1 aromatic rings. The van der Waals surface area contributed by atoms with E-state index >= 15 is 0 Å². The van der Waals surface area contributed by atoms with Crippen LogP contribution in [0.4, 0.5) is 0 Å². The van der Waals surface area contributed by atoms with Crippen molar-refractivity contribution in [2.45, 2.75) is 31.9 Å². The topological polar surface area (TPSA) is 88.2 Å². The predicted octanol–water partition coefficient (Wildman–Crippen LogP) is -0.106. The monoisotopic (exact) mass is 199 g/mol. The molecular formula is C8H13N3O3. The van der Waals surface area contributed by atoms with Gasteiger partial charge in [-0.05, 0) is 19.8 Å². The molecule has 1 aromatic heterocycles. The summed E-state index contributed by atoms with van der Waals surface area (Å²) < 4.78 is 1.60. The molecule has 0 aliphatic heterocycles. The highest BCUT2D eigenvalue weighted by Gasteiger charge is 2.28. The van der Waals surface area contributed by atoms with Crippen LogP contribution in [-0.2, 0) is 11.3 Å². The molecule has 1 unspecified atom stereocenters. The van der Waals surface area contributed by atoms with Crippen LogP contribution in [0.2, 0.25) is 0 Å². The number of aliphatic carboxylic acids is 1. The molecule has 1 heterocycles. The Labute approximate surface area is 81.2 Å². The van der Waals surface area contributed by atoms with E-state index in [0.29, 0.717) is 13.0 Å². The summed E-state index contributed by atoms with van der Waals surface area (Å²) in [4.78, 5) is 14.3. The molecule has 0 aliphatic carbocycles. The van der Waals surface area contributed by atoms with Crippen LogP contribution >= 0.6 is 0 Å². The van der Waals surface area contributed by atoms with E-state index in [1.54, 1.807) is 11.0 Å². The average molecular weight is 199 g/mol. The van der Waals surface area contributed by atoms with E-state index in [9.17, 15) is 9.90 Å². The van der Waals surface area contributed by atoms with Crippen molar-refractivity contribution in [3.05, 3.63) is 12.7 Å². The van der Waals surface area contributed by atoms with Crippen molar-refractivity contribution >= 4 is 5.97 Å². The standard InChI is InChI=1S/C8H13N3O3/c1-8(14,7(12)13)3-2-4-11-6-9-5-10-11/h5-6,14H,2-4H2,1H3,(H,12,13). The summed E-state index contributed by atoms with van der Waals surface area (Å²) in [5.74, 6) is -1.20. The van der Waals surface area contributed by atoms with Crippen LogP contribution in [-0.4, -0.2) is 36.5 Å². The number of carboxylic acid groups (broad SMARTS) is 1. The molecule has 1 rings (SSSR count). The first kappa shape index (κ1) is 10.6. The van der Waals surface area contributed by atoms with Gasteiger partial charge < -0.3 is 10.2 Å². The zero-order valence-electron chi connectivity index (χ0n) is 7.92. The molecule has 0 aliphatic rings. The minimum atomic E-state index is -1.65. The van der Waals surface area contributed by atoms with Crippen molar-refractivity contribution in [2.75, 3.05) is 0 Å². The molecule has 0 fully saturated rings. The van der Waals surface area contributed by atoms with Gasteiger partial charge >= 0.3 is 5.97 Å². The van der Waals surface area contributed by atoms with Crippen LogP contribution in [0.25, 0.3) is 0 Å². The second-order valence-corrected chi connectivity index (χ2v) is 3.34. The van der Waals surface area contributed by atoms with Crippen molar-refractivity contribution in [3.8, 4) is 0 Å². The van der Waals surface area contributed by atoms with E-state index in [1.165, 1.54) is 13.3 Å². The lowest BCUT2D eigenvalue weighted by molar-refractivity contribution is -0.157. The normalized spacial score (nSPS) is 15.0. The Bertz CT molecular complexity index is 295. The first-order chi connectivity index (χ1) is 6.52. The van der Waals surface area contributed by atoms with Gasteiger partial charge in [0.2, 0.25) is 0 Å². The Balaban J connectivity index is 2.31. The van der Waals surface area contributed by atoms with Crippen molar-refractivity contribution in [1.82, 2.24) is 14.8 Å². The Morgan fingerprint density at radius 2 is 2.36 bits per heavy atom. The quantitative estimate of drug-likeness (QED) is 0.691. The lowest BCUT2D eigenvalue weighted by Gasteiger charge is -2.16. The van der Waals surface area contributed by atoms with Crippen molar-refractivity contribution in [1.29, 1.82) is 0 Å². The number of carbonyl (C=O) groups is 1. The molecule has 0 saturated heterocycles. The molecule has 78 valence electrons. The molecule has 0 aromatic carbocycles. The van der Waals surface area contributed by atoms with E-state index in [2.05, 4.69) is 10.1 Å². The first-order valence-corrected chi connectivity index (χ1v) is 4.30. The summed E-state index contributed by atoms with van der Waals surface area (Å²) in [6.07, 6.45) is 3.70. The Morgan fingerprint density at radius 1 is 1.64 bits per heavy atom. The maximum absolute atomic E-state index is 10.5. The molecule has 0 radical (unpaired) electrons. The van der Waals surface area contributed by atoms with Crippen LogP contribution in [0.3, 0.4) is 0 Å². The van der Waals surface area contributed by atoms with E-state index in [0.717, 1.165) is 0 Å². The summed E-state index contributed by atoms with van der Waals surface area (Å²) >= 11 is 0. The molecular weight excluding hydrogens is 186 g/mol. The number of aromatic nitrogens is 3. The zero-order chi connectivity index (χ0) is 10.6. The van der Waals surface area contributed by atoms with E-state index in [-0.39, 0.29) is 6.42 Å². The van der Waals surface area contributed by atoms with E-state index in [1.807, 2.05) is 0 Å². The van der Waals surface area contributed by atoms with Gasteiger partial charge in [0.05, 0.1) is 0 Å². The van der Waals surface area contributed by atoms with Crippen molar-refractivity contribution in [2.24, 2.45) is 0 Å². The van der Waals surface area contributed by atoms with E-state index < -0.39 is 11.6 Å². The third-order valence-electron chi connectivity index (χ3n) is 1.98. The van der Waals surface area contributed by atoms with E-state index in [4.69, 9.17) is 5.11 Å². The minimum absolute atomic E-state index is 0.197. The smallest absolute Gasteiger partial charge is 0.335 e. The number of hydrogen-bond donors (Lipinski definition) is 2. The molecule has 2 N–H and O–H groups in total. The van der Waals surface area contributed by atoms with Crippen molar-refractivity contribution in [3.63, 3.8) is 0 Å². The van der Waals surface area contributed by atoms with Gasteiger partial charge in [0.15, 0.2) is 5.60 Å². The summed E-state index contributed by atoms with van der Waals surface area (Å²) in [6, 6.07) is 0. The molecule has 6 nitrogen and oxygen atoms in total. The second-order valence-electron chi connectivity index (χ2n) is 3.34. The van der Waals surface area contributed by atoms with Gasteiger partial charge in [-0.3, -0.25) is 4.68 Å². The molecule has 0 amide bonds. The number of nitrogens with zero attached hydrogens (tertiary/aromatic N) is 3.